The van der Waals surface area contributed by atoms with E-state index >= 15 is 0 Å². The quantitative estimate of drug-likeness (QED) is 0.789. The van der Waals surface area contributed by atoms with Crippen molar-refractivity contribution in [2.45, 2.75) is 24.9 Å². The zero-order valence-corrected chi connectivity index (χ0v) is 13.9. The summed E-state index contributed by atoms with van der Waals surface area (Å²) in [5.74, 6) is 0.915. The predicted molar refractivity (Wildman–Crippen MR) is 91.2 cm³/mol. The van der Waals surface area contributed by atoms with E-state index in [0.29, 0.717) is 28.5 Å². The van der Waals surface area contributed by atoms with Gasteiger partial charge in [0.2, 0.25) is 5.88 Å². The van der Waals surface area contributed by atoms with Gasteiger partial charge in [-0.25, -0.2) is 9.37 Å². The van der Waals surface area contributed by atoms with E-state index in [0.717, 1.165) is 37.9 Å². The molecule has 6 rings (SSSR count). The largest absolute Gasteiger partial charge is 0.469 e. The van der Waals surface area contributed by atoms with E-state index < -0.39 is 0 Å². The number of rotatable bonds is 2. The van der Waals surface area contributed by atoms with Crippen LogP contribution in [-0.2, 0) is 6.42 Å². The standard InChI is InChI=1S/C20H19FN2O2/c21-18-2-1-13(11-24)7-17(18)15-8-14-9-20(25-19(14)22-10-15)12-23-5-3-16(20)4-6-23/h1-2,7-8,10-11,16H,3-6,9,12H2. The molecular weight excluding hydrogens is 319 g/mol. The number of carbonyl (C=O) groups excluding carboxylic acids is 1. The topological polar surface area (TPSA) is 42.4 Å². The summed E-state index contributed by atoms with van der Waals surface area (Å²) in [5.41, 5.74) is 2.45. The van der Waals surface area contributed by atoms with Crippen LogP contribution in [0.2, 0.25) is 0 Å². The molecule has 1 aromatic heterocycles. The average molecular weight is 338 g/mol. The molecule has 5 heterocycles. The van der Waals surface area contributed by atoms with Crippen LogP contribution in [-0.4, -0.2) is 41.4 Å². The van der Waals surface area contributed by atoms with Gasteiger partial charge in [0.25, 0.3) is 0 Å². The van der Waals surface area contributed by atoms with Crippen molar-refractivity contribution in [1.29, 1.82) is 0 Å². The number of fused-ring (bicyclic) bond motifs is 3. The van der Waals surface area contributed by atoms with Crippen molar-refractivity contribution in [1.82, 2.24) is 9.88 Å². The third-order valence-electron chi connectivity index (χ3n) is 5.98. The lowest BCUT2D eigenvalue weighted by molar-refractivity contribution is -0.0814. The van der Waals surface area contributed by atoms with Crippen molar-refractivity contribution in [2.75, 3.05) is 19.6 Å². The minimum atomic E-state index is -0.344. The summed E-state index contributed by atoms with van der Waals surface area (Å²) in [6.07, 6.45) is 5.56. The Morgan fingerprint density at radius 3 is 2.84 bits per heavy atom. The van der Waals surface area contributed by atoms with Crippen molar-refractivity contribution in [2.24, 2.45) is 5.92 Å². The van der Waals surface area contributed by atoms with E-state index in [-0.39, 0.29) is 11.4 Å². The maximum absolute atomic E-state index is 14.2. The van der Waals surface area contributed by atoms with E-state index in [9.17, 15) is 9.18 Å². The second-order valence-corrected chi connectivity index (χ2v) is 7.44. The molecule has 25 heavy (non-hydrogen) atoms. The maximum atomic E-state index is 14.2. The Bertz CT molecular complexity index is 861. The number of halogens is 1. The molecule has 0 N–H and O–H groups in total. The fourth-order valence-electron chi connectivity index (χ4n) is 4.69. The molecule has 3 saturated heterocycles. The van der Waals surface area contributed by atoms with Gasteiger partial charge in [0, 0.05) is 47.3 Å². The highest BCUT2D eigenvalue weighted by Gasteiger charge is 2.52. The zero-order chi connectivity index (χ0) is 17.0. The number of piperidine rings is 3. The van der Waals surface area contributed by atoms with Crippen molar-refractivity contribution in [3.05, 3.63) is 47.4 Å². The van der Waals surface area contributed by atoms with Crippen molar-refractivity contribution >= 4 is 6.29 Å². The molecule has 128 valence electrons. The second kappa shape index (κ2) is 5.36. The summed E-state index contributed by atoms with van der Waals surface area (Å²) in [6.45, 7) is 3.28. The fourth-order valence-corrected chi connectivity index (χ4v) is 4.69. The molecule has 0 aliphatic carbocycles. The Labute approximate surface area is 145 Å². The minimum Gasteiger partial charge on any atom is -0.469 e. The van der Waals surface area contributed by atoms with Gasteiger partial charge in [-0.2, -0.15) is 0 Å². The molecule has 2 aromatic rings. The number of hydrogen-bond acceptors (Lipinski definition) is 4. The molecule has 3 fully saturated rings. The summed E-state index contributed by atoms with van der Waals surface area (Å²) >= 11 is 0. The summed E-state index contributed by atoms with van der Waals surface area (Å²) in [6, 6.07) is 6.36. The van der Waals surface area contributed by atoms with Crippen LogP contribution in [0, 0.1) is 11.7 Å². The van der Waals surface area contributed by atoms with E-state index in [1.165, 1.54) is 25.0 Å². The van der Waals surface area contributed by atoms with Gasteiger partial charge in [-0.3, -0.25) is 9.69 Å². The smallest absolute Gasteiger partial charge is 0.217 e. The molecule has 0 saturated carbocycles. The molecule has 4 aliphatic heterocycles. The molecule has 1 unspecified atom stereocenters. The Morgan fingerprint density at radius 1 is 1.28 bits per heavy atom. The zero-order valence-electron chi connectivity index (χ0n) is 13.9. The van der Waals surface area contributed by atoms with E-state index in [1.807, 2.05) is 6.07 Å². The first-order valence-corrected chi connectivity index (χ1v) is 8.82. The monoisotopic (exact) mass is 338 g/mol. The maximum Gasteiger partial charge on any atom is 0.217 e. The lowest BCUT2D eigenvalue weighted by Gasteiger charge is -2.50. The van der Waals surface area contributed by atoms with Gasteiger partial charge in [0.05, 0.1) is 0 Å². The Morgan fingerprint density at radius 2 is 2.12 bits per heavy atom. The highest BCUT2D eigenvalue weighted by atomic mass is 19.1. The summed E-state index contributed by atoms with van der Waals surface area (Å²) < 4.78 is 20.6. The van der Waals surface area contributed by atoms with Crippen LogP contribution >= 0.6 is 0 Å². The van der Waals surface area contributed by atoms with Gasteiger partial charge < -0.3 is 4.74 Å². The molecular formula is C20H19FN2O2. The number of hydrogen-bond donors (Lipinski definition) is 0. The summed E-state index contributed by atoms with van der Waals surface area (Å²) in [5, 5.41) is 0. The van der Waals surface area contributed by atoms with Gasteiger partial charge in [-0.15, -0.1) is 0 Å². The first-order chi connectivity index (χ1) is 12.2. The number of nitrogens with zero attached hydrogens (tertiary/aromatic N) is 2. The van der Waals surface area contributed by atoms with E-state index in [4.69, 9.17) is 4.74 Å². The molecule has 1 aromatic carbocycles. The number of aromatic nitrogens is 1. The van der Waals surface area contributed by atoms with Crippen LogP contribution in [0.4, 0.5) is 4.39 Å². The normalized spacial score (nSPS) is 29.5. The number of pyridine rings is 1. The van der Waals surface area contributed by atoms with E-state index in [2.05, 4.69) is 9.88 Å². The van der Waals surface area contributed by atoms with Gasteiger partial charge in [-0.1, -0.05) is 0 Å². The van der Waals surface area contributed by atoms with Crippen LogP contribution in [0.3, 0.4) is 0 Å². The second-order valence-electron chi connectivity index (χ2n) is 7.44. The number of ether oxygens (including phenoxy) is 1. The lowest BCUT2D eigenvalue weighted by Crippen LogP contribution is -2.61. The van der Waals surface area contributed by atoms with Gasteiger partial charge in [-0.05, 0) is 50.2 Å². The first-order valence-electron chi connectivity index (χ1n) is 8.82. The van der Waals surface area contributed by atoms with Crippen LogP contribution in [0.1, 0.15) is 28.8 Å². The average Bonchev–Trinajstić information content (AvgIpc) is 2.99. The molecule has 0 amide bonds. The Hall–Kier alpha value is -2.27. The highest BCUT2D eigenvalue weighted by Crippen LogP contribution is 2.46. The number of benzene rings is 1. The van der Waals surface area contributed by atoms with E-state index in [1.54, 1.807) is 12.3 Å². The molecule has 1 atom stereocenters. The van der Waals surface area contributed by atoms with Crippen LogP contribution in [0.15, 0.2) is 30.5 Å². The molecule has 2 bridgehead atoms. The lowest BCUT2D eigenvalue weighted by atomic mass is 9.73. The third-order valence-corrected chi connectivity index (χ3v) is 5.98. The molecule has 0 radical (unpaired) electrons. The minimum absolute atomic E-state index is 0.159. The Kier molecular flexibility index (Phi) is 3.22. The number of aldehydes is 1. The van der Waals surface area contributed by atoms with Gasteiger partial charge in [0.15, 0.2) is 0 Å². The summed E-state index contributed by atoms with van der Waals surface area (Å²) in [7, 11) is 0. The highest BCUT2D eigenvalue weighted by molar-refractivity contribution is 5.79. The molecule has 5 heteroatoms. The first kappa shape index (κ1) is 15.0. The van der Waals surface area contributed by atoms with Gasteiger partial charge >= 0.3 is 0 Å². The predicted octanol–water partition coefficient (Wildman–Crippen LogP) is 3.10. The number of carbonyl (C=O) groups is 1. The molecule has 1 spiro atoms. The molecule has 4 aliphatic rings. The van der Waals surface area contributed by atoms with Crippen molar-refractivity contribution in [3.8, 4) is 17.0 Å². The van der Waals surface area contributed by atoms with Crippen molar-refractivity contribution < 1.29 is 13.9 Å². The van der Waals surface area contributed by atoms with Crippen LogP contribution in [0.5, 0.6) is 5.88 Å². The van der Waals surface area contributed by atoms with Gasteiger partial charge in [0.1, 0.15) is 17.7 Å². The SMILES string of the molecule is O=Cc1ccc(F)c(-c2cnc3c(c2)CC2(CN4CCC2CC4)O3)c1. The summed E-state index contributed by atoms with van der Waals surface area (Å²) in [4.78, 5) is 17.9. The van der Waals surface area contributed by atoms with Crippen LogP contribution < -0.4 is 4.74 Å². The van der Waals surface area contributed by atoms with Crippen LogP contribution in [0.25, 0.3) is 11.1 Å². The van der Waals surface area contributed by atoms with Crippen molar-refractivity contribution in [3.63, 3.8) is 0 Å². The fraction of sp³-hybridized carbons (Fsp3) is 0.400. The third kappa shape index (κ3) is 2.29. The Balaban J connectivity index is 1.51. The molecule has 4 nitrogen and oxygen atoms in total.